The van der Waals surface area contributed by atoms with Crippen molar-refractivity contribution in [1.29, 1.82) is 0 Å². The highest BCUT2D eigenvalue weighted by Crippen LogP contribution is 2.16. The van der Waals surface area contributed by atoms with Gasteiger partial charge < -0.3 is 10.4 Å². The van der Waals surface area contributed by atoms with Crippen molar-refractivity contribution < 1.29 is 18.7 Å². The van der Waals surface area contributed by atoms with Crippen molar-refractivity contribution in [3.63, 3.8) is 0 Å². The normalized spacial score (nSPS) is 11.5. The Kier molecular flexibility index (Phi) is 5.00. The van der Waals surface area contributed by atoms with E-state index >= 15 is 0 Å². The maximum atomic E-state index is 13.5. The number of aryl methyl sites for hydroxylation is 1. The third-order valence-corrected chi connectivity index (χ3v) is 3.39. The van der Waals surface area contributed by atoms with E-state index in [0.29, 0.717) is 18.9 Å². The van der Waals surface area contributed by atoms with Crippen molar-refractivity contribution in [2.75, 3.05) is 6.54 Å². The van der Waals surface area contributed by atoms with E-state index < -0.39 is 23.1 Å². The summed E-state index contributed by atoms with van der Waals surface area (Å²) in [6, 6.07) is 1.85. The molecule has 19 heavy (non-hydrogen) atoms. The zero-order chi connectivity index (χ0) is 14.6. The van der Waals surface area contributed by atoms with E-state index in [1.54, 1.807) is 13.8 Å². The number of rotatable bonds is 5. The Morgan fingerprint density at radius 3 is 2.37 bits per heavy atom. The Hall–Kier alpha value is -1.49. The SMILES string of the molecule is CCC(O)(CC)CNC(=O)c1cc(C)c(F)cc1F. The van der Waals surface area contributed by atoms with Gasteiger partial charge in [-0.15, -0.1) is 0 Å². The quantitative estimate of drug-likeness (QED) is 0.864. The zero-order valence-corrected chi connectivity index (χ0v) is 11.4. The Morgan fingerprint density at radius 1 is 1.26 bits per heavy atom. The van der Waals surface area contributed by atoms with Crippen molar-refractivity contribution >= 4 is 5.91 Å². The molecule has 1 aromatic carbocycles. The number of nitrogens with one attached hydrogen (secondary N) is 1. The van der Waals surface area contributed by atoms with Crippen LogP contribution >= 0.6 is 0 Å². The number of carbonyl (C=O) groups is 1. The fourth-order valence-electron chi connectivity index (χ4n) is 1.67. The van der Waals surface area contributed by atoms with Gasteiger partial charge in [0.25, 0.3) is 5.91 Å². The monoisotopic (exact) mass is 271 g/mol. The van der Waals surface area contributed by atoms with Crippen LogP contribution in [0.3, 0.4) is 0 Å². The van der Waals surface area contributed by atoms with Gasteiger partial charge in [-0.3, -0.25) is 4.79 Å². The summed E-state index contributed by atoms with van der Waals surface area (Å²) in [6.45, 7) is 5.10. The molecule has 5 heteroatoms. The highest BCUT2D eigenvalue weighted by molar-refractivity contribution is 5.94. The first-order valence-electron chi connectivity index (χ1n) is 6.29. The molecule has 0 aromatic heterocycles. The Bertz CT molecular complexity index is 471. The minimum Gasteiger partial charge on any atom is -0.388 e. The molecule has 0 saturated heterocycles. The lowest BCUT2D eigenvalue weighted by Crippen LogP contribution is -2.42. The van der Waals surface area contributed by atoms with Crippen LogP contribution in [-0.4, -0.2) is 23.2 Å². The standard InChI is InChI=1S/C14H19F2NO2/c1-4-14(19,5-2)8-17-13(18)10-6-9(3)11(15)7-12(10)16/h6-7,19H,4-5,8H2,1-3H3,(H,17,18). The lowest BCUT2D eigenvalue weighted by molar-refractivity contribution is 0.0313. The number of hydrogen-bond acceptors (Lipinski definition) is 2. The predicted octanol–water partition coefficient (Wildman–Crippen LogP) is 2.55. The molecule has 0 radical (unpaired) electrons. The second-order valence-electron chi connectivity index (χ2n) is 4.70. The minimum absolute atomic E-state index is 0.0364. The summed E-state index contributed by atoms with van der Waals surface area (Å²) in [5.41, 5.74) is -1.01. The molecule has 2 N–H and O–H groups in total. The molecule has 0 fully saturated rings. The van der Waals surface area contributed by atoms with Crippen LogP contribution in [0.5, 0.6) is 0 Å². The Morgan fingerprint density at radius 2 is 1.84 bits per heavy atom. The molecule has 0 aliphatic heterocycles. The molecule has 0 unspecified atom stereocenters. The predicted molar refractivity (Wildman–Crippen MR) is 69.0 cm³/mol. The molecule has 3 nitrogen and oxygen atoms in total. The molecule has 0 aliphatic rings. The Labute approximate surface area is 111 Å². The fourth-order valence-corrected chi connectivity index (χ4v) is 1.67. The van der Waals surface area contributed by atoms with Crippen LogP contribution in [0.4, 0.5) is 8.78 Å². The molecule has 0 bridgehead atoms. The van der Waals surface area contributed by atoms with E-state index in [4.69, 9.17) is 0 Å². The molecule has 0 heterocycles. The average Bonchev–Trinajstić information content (AvgIpc) is 2.39. The number of hydrogen-bond donors (Lipinski definition) is 2. The number of amides is 1. The van der Waals surface area contributed by atoms with Gasteiger partial charge in [0, 0.05) is 12.6 Å². The lowest BCUT2D eigenvalue weighted by Gasteiger charge is -2.25. The summed E-state index contributed by atoms with van der Waals surface area (Å²) in [6.07, 6.45) is 0.962. The summed E-state index contributed by atoms with van der Waals surface area (Å²) in [5.74, 6) is -2.24. The van der Waals surface area contributed by atoms with Crippen LogP contribution < -0.4 is 5.32 Å². The first-order valence-corrected chi connectivity index (χ1v) is 6.29. The smallest absolute Gasteiger partial charge is 0.254 e. The molecule has 1 aromatic rings. The van der Waals surface area contributed by atoms with Gasteiger partial charge in [-0.25, -0.2) is 8.78 Å². The molecule has 0 saturated carbocycles. The van der Waals surface area contributed by atoms with E-state index in [9.17, 15) is 18.7 Å². The van der Waals surface area contributed by atoms with Gasteiger partial charge >= 0.3 is 0 Å². The van der Waals surface area contributed by atoms with Crippen LogP contribution in [-0.2, 0) is 0 Å². The second kappa shape index (κ2) is 6.10. The van der Waals surface area contributed by atoms with Gasteiger partial charge in [-0.2, -0.15) is 0 Å². The van der Waals surface area contributed by atoms with Crippen LogP contribution in [0.15, 0.2) is 12.1 Å². The van der Waals surface area contributed by atoms with E-state index in [1.807, 2.05) is 0 Å². The van der Waals surface area contributed by atoms with Gasteiger partial charge in [0.2, 0.25) is 0 Å². The van der Waals surface area contributed by atoms with Crippen LogP contribution in [0.1, 0.15) is 42.6 Å². The van der Waals surface area contributed by atoms with Crippen LogP contribution in [0.25, 0.3) is 0 Å². The van der Waals surface area contributed by atoms with Crippen LogP contribution in [0.2, 0.25) is 0 Å². The first kappa shape index (κ1) is 15.6. The third kappa shape index (κ3) is 3.73. The molecule has 0 atom stereocenters. The largest absolute Gasteiger partial charge is 0.388 e. The van der Waals surface area contributed by atoms with Crippen molar-refractivity contribution in [3.05, 3.63) is 34.9 Å². The molecular formula is C14H19F2NO2. The van der Waals surface area contributed by atoms with E-state index in [2.05, 4.69) is 5.32 Å². The number of carbonyl (C=O) groups excluding carboxylic acids is 1. The van der Waals surface area contributed by atoms with Gasteiger partial charge in [0.15, 0.2) is 0 Å². The molecule has 0 aliphatic carbocycles. The summed E-state index contributed by atoms with van der Waals surface area (Å²) in [5, 5.41) is 12.5. The van der Waals surface area contributed by atoms with Crippen molar-refractivity contribution in [2.24, 2.45) is 0 Å². The molecule has 1 rings (SSSR count). The van der Waals surface area contributed by atoms with E-state index in [-0.39, 0.29) is 17.7 Å². The number of halogens is 2. The highest BCUT2D eigenvalue weighted by Gasteiger charge is 2.24. The first-order chi connectivity index (χ1) is 8.83. The lowest BCUT2D eigenvalue weighted by atomic mass is 9.97. The average molecular weight is 271 g/mol. The topological polar surface area (TPSA) is 49.3 Å². The minimum atomic E-state index is -0.999. The van der Waals surface area contributed by atoms with Gasteiger partial charge in [-0.1, -0.05) is 13.8 Å². The molecular weight excluding hydrogens is 252 g/mol. The summed E-state index contributed by atoms with van der Waals surface area (Å²) >= 11 is 0. The van der Waals surface area contributed by atoms with Gasteiger partial charge in [0.05, 0.1) is 11.2 Å². The van der Waals surface area contributed by atoms with E-state index in [0.717, 1.165) is 6.07 Å². The Balaban J connectivity index is 2.82. The van der Waals surface area contributed by atoms with E-state index in [1.165, 1.54) is 6.92 Å². The zero-order valence-electron chi connectivity index (χ0n) is 11.4. The summed E-state index contributed by atoms with van der Waals surface area (Å²) in [7, 11) is 0. The van der Waals surface area contributed by atoms with Gasteiger partial charge in [0.1, 0.15) is 11.6 Å². The molecule has 1 amide bonds. The van der Waals surface area contributed by atoms with Crippen molar-refractivity contribution in [3.8, 4) is 0 Å². The maximum absolute atomic E-state index is 13.5. The molecule has 106 valence electrons. The van der Waals surface area contributed by atoms with Crippen molar-refractivity contribution in [1.82, 2.24) is 5.32 Å². The van der Waals surface area contributed by atoms with Crippen molar-refractivity contribution in [2.45, 2.75) is 39.2 Å². The highest BCUT2D eigenvalue weighted by atomic mass is 19.1. The third-order valence-electron chi connectivity index (χ3n) is 3.39. The maximum Gasteiger partial charge on any atom is 0.254 e. The number of aliphatic hydroxyl groups is 1. The fraction of sp³-hybridized carbons (Fsp3) is 0.500. The summed E-state index contributed by atoms with van der Waals surface area (Å²) in [4.78, 5) is 11.8. The molecule has 0 spiro atoms. The van der Waals surface area contributed by atoms with Gasteiger partial charge in [-0.05, 0) is 31.4 Å². The van der Waals surface area contributed by atoms with Crippen LogP contribution in [0, 0.1) is 18.6 Å². The second-order valence-corrected chi connectivity index (χ2v) is 4.70. The summed E-state index contributed by atoms with van der Waals surface area (Å²) < 4.78 is 26.6. The number of benzene rings is 1.